The lowest BCUT2D eigenvalue weighted by Crippen LogP contribution is -2.44. The van der Waals surface area contributed by atoms with E-state index in [0.717, 1.165) is 6.07 Å². The van der Waals surface area contributed by atoms with Crippen molar-refractivity contribution in [3.63, 3.8) is 0 Å². The lowest BCUT2D eigenvalue weighted by Gasteiger charge is -2.18. The number of aliphatic carboxylic acids is 1. The highest BCUT2D eigenvalue weighted by Gasteiger charge is 2.24. The number of benzene rings is 1. The summed E-state index contributed by atoms with van der Waals surface area (Å²) in [6, 6.07) is 3.91. The van der Waals surface area contributed by atoms with Crippen LogP contribution in [0.1, 0.15) is 36.2 Å². The van der Waals surface area contributed by atoms with Gasteiger partial charge in [0.2, 0.25) is 0 Å². The molecule has 0 fully saturated rings. The number of rotatable bonds is 5. The van der Waals surface area contributed by atoms with E-state index in [2.05, 4.69) is 5.32 Å². The molecule has 4 nitrogen and oxygen atoms in total. The number of halogens is 2. The van der Waals surface area contributed by atoms with Gasteiger partial charge in [-0.25, -0.2) is 13.6 Å². The van der Waals surface area contributed by atoms with Crippen molar-refractivity contribution >= 4 is 11.9 Å². The third-order valence-corrected chi connectivity index (χ3v) is 2.62. The van der Waals surface area contributed by atoms with Gasteiger partial charge in [-0.2, -0.15) is 0 Å². The Hall–Kier alpha value is -1.98. The van der Waals surface area contributed by atoms with Gasteiger partial charge in [0, 0.05) is 11.1 Å². The second-order valence-electron chi connectivity index (χ2n) is 4.46. The van der Waals surface area contributed by atoms with Gasteiger partial charge in [0.05, 0.1) is 0 Å². The summed E-state index contributed by atoms with van der Waals surface area (Å²) in [5, 5.41) is 11.3. The lowest BCUT2D eigenvalue weighted by molar-refractivity contribution is -0.140. The van der Waals surface area contributed by atoms with E-state index in [1.54, 1.807) is 13.8 Å². The summed E-state index contributed by atoms with van der Waals surface area (Å²) < 4.78 is 25.0. The second kappa shape index (κ2) is 6.26. The predicted octanol–water partition coefficient (Wildman–Crippen LogP) is 2.46. The van der Waals surface area contributed by atoms with Crippen LogP contribution in [-0.2, 0) is 4.79 Å². The zero-order valence-corrected chi connectivity index (χ0v) is 10.6. The van der Waals surface area contributed by atoms with Gasteiger partial charge >= 0.3 is 5.97 Å². The van der Waals surface area contributed by atoms with Crippen molar-refractivity contribution < 1.29 is 23.5 Å². The monoisotopic (exact) mass is 271 g/mol. The molecular weight excluding hydrogens is 256 g/mol. The van der Waals surface area contributed by atoms with Gasteiger partial charge < -0.3 is 10.4 Å². The zero-order valence-electron chi connectivity index (χ0n) is 10.6. The summed E-state index contributed by atoms with van der Waals surface area (Å²) >= 11 is 0. The molecule has 1 aromatic rings. The molecule has 0 heterocycles. The minimum Gasteiger partial charge on any atom is -0.480 e. The van der Waals surface area contributed by atoms with Crippen molar-refractivity contribution in [3.05, 3.63) is 35.4 Å². The predicted molar refractivity (Wildman–Crippen MR) is 65.1 cm³/mol. The number of alkyl halides is 2. The molecule has 104 valence electrons. The van der Waals surface area contributed by atoms with Gasteiger partial charge in [0.15, 0.2) is 0 Å². The second-order valence-corrected chi connectivity index (χ2v) is 4.46. The number of carbonyl (C=O) groups is 2. The van der Waals surface area contributed by atoms with Crippen LogP contribution in [0.3, 0.4) is 0 Å². The highest BCUT2D eigenvalue weighted by molar-refractivity contribution is 5.96. The van der Waals surface area contributed by atoms with Gasteiger partial charge in [-0.05, 0) is 18.1 Å². The van der Waals surface area contributed by atoms with Crippen LogP contribution in [-0.4, -0.2) is 23.0 Å². The number of carboxylic acids is 1. The standard InChI is InChI=1S/C13H15F2NO3/c1-7(2)10(13(18)19)16-12(17)9-5-3-4-8(6-9)11(14)15/h3-7,10-11H,1-2H3,(H,16,17)(H,18,19). The molecule has 0 spiro atoms. The Balaban J connectivity index is 2.88. The van der Waals surface area contributed by atoms with E-state index >= 15 is 0 Å². The van der Waals surface area contributed by atoms with E-state index in [4.69, 9.17) is 5.11 Å². The molecule has 6 heteroatoms. The molecule has 0 aliphatic carbocycles. The van der Waals surface area contributed by atoms with Crippen LogP contribution in [0.15, 0.2) is 24.3 Å². The normalized spacial score (nSPS) is 12.5. The van der Waals surface area contributed by atoms with Crippen molar-refractivity contribution in [2.45, 2.75) is 26.3 Å². The maximum Gasteiger partial charge on any atom is 0.326 e. The van der Waals surface area contributed by atoms with Gasteiger partial charge in [-0.15, -0.1) is 0 Å². The highest BCUT2D eigenvalue weighted by atomic mass is 19.3. The van der Waals surface area contributed by atoms with Crippen molar-refractivity contribution in [2.75, 3.05) is 0 Å². The van der Waals surface area contributed by atoms with Crippen LogP contribution in [0.5, 0.6) is 0 Å². The van der Waals surface area contributed by atoms with Crippen LogP contribution in [0, 0.1) is 5.92 Å². The lowest BCUT2D eigenvalue weighted by atomic mass is 10.0. The Morgan fingerprint density at radius 3 is 2.37 bits per heavy atom. The maximum atomic E-state index is 12.5. The molecule has 0 bridgehead atoms. The Morgan fingerprint density at radius 2 is 1.89 bits per heavy atom. The average molecular weight is 271 g/mol. The Kier molecular flexibility index (Phi) is 4.97. The fourth-order valence-corrected chi connectivity index (χ4v) is 1.55. The first-order valence-corrected chi connectivity index (χ1v) is 5.74. The van der Waals surface area contributed by atoms with Crippen LogP contribution >= 0.6 is 0 Å². The van der Waals surface area contributed by atoms with Gasteiger partial charge in [0.1, 0.15) is 6.04 Å². The fraction of sp³-hybridized carbons (Fsp3) is 0.385. The van der Waals surface area contributed by atoms with Gasteiger partial charge in [-0.3, -0.25) is 4.79 Å². The van der Waals surface area contributed by atoms with Gasteiger partial charge in [-0.1, -0.05) is 26.0 Å². The molecule has 0 aromatic heterocycles. The number of amides is 1. The number of carbonyl (C=O) groups excluding carboxylic acids is 1. The minimum atomic E-state index is -2.67. The van der Waals surface area contributed by atoms with Crippen LogP contribution in [0.4, 0.5) is 8.78 Å². The number of hydrogen-bond acceptors (Lipinski definition) is 2. The van der Waals surface area contributed by atoms with E-state index in [0.29, 0.717) is 0 Å². The molecule has 0 saturated heterocycles. The quantitative estimate of drug-likeness (QED) is 0.864. The van der Waals surface area contributed by atoms with Crippen LogP contribution in [0.2, 0.25) is 0 Å². The largest absolute Gasteiger partial charge is 0.480 e. The molecule has 19 heavy (non-hydrogen) atoms. The summed E-state index contributed by atoms with van der Waals surface area (Å²) in [4.78, 5) is 22.8. The third kappa shape index (κ3) is 4.01. The summed E-state index contributed by atoms with van der Waals surface area (Å²) in [6.45, 7) is 3.29. The molecule has 0 aliphatic rings. The molecule has 0 saturated carbocycles. The Bertz CT molecular complexity index is 475. The topological polar surface area (TPSA) is 66.4 Å². The van der Waals surface area contributed by atoms with Crippen molar-refractivity contribution in [1.29, 1.82) is 0 Å². The molecule has 1 aromatic carbocycles. The number of hydrogen-bond donors (Lipinski definition) is 2. The minimum absolute atomic E-state index is 0.0182. The van der Waals surface area contributed by atoms with Crippen molar-refractivity contribution in [2.24, 2.45) is 5.92 Å². The molecule has 1 rings (SSSR count). The molecule has 1 unspecified atom stereocenters. The summed E-state index contributed by atoms with van der Waals surface area (Å²) in [5.41, 5.74) is -0.256. The Morgan fingerprint density at radius 1 is 1.26 bits per heavy atom. The average Bonchev–Trinajstić information content (AvgIpc) is 2.34. The molecule has 0 aliphatic heterocycles. The number of nitrogens with one attached hydrogen (secondary N) is 1. The van der Waals surface area contributed by atoms with Crippen molar-refractivity contribution in [3.8, 4) is 0 Å². The van der Waals surface area contributed by atoms with Crippen molar-refractivity contribution in [1.82, 2.24) is 5.32 Å². The summed E-state index contributed by atoms with van der Waals surface area (Å²) in [6.07, 6.45) is -2.67. The smallest absolute Gasteiger partial charge is 0.326 e. The van der Waals surface area contributed by atoms with E-state index < -0.39 is 24.3 Å². The Labute approximate surface area is 109 Å². The van der Waals surface area contributed by atoms with Crippen LogP contribution in [0.25, 0.3) is 0 Å². The number of carboxylic acid groups (broad SMARTS) is 1. The SMILES string of the molecule is CC(C)C(NC(=O)c1cccc(C(F)F)c1)C(=O)O. The maximum absolute atomic E-state index is 12.5. The molecule has 1 atom stereocenters. The first-order chi connectivity index (χ1) is 8.82. The van der Waals surface area contributed by atoms with E-state index in [-0.39, 0.29) is 17.0 Å². The third-order valence-electron chi connectivity index (χ3n) is 2.62. The van der Waals surface area contributed by atoms with Crippen LogP contribution < -0.4 is 5.32 Å². The zero-order chi connectivity index (χ0) is 14.6. The van der Waals surface area contributed by atoms with Gasteiger partial charge in [0.25, 0.3) is 12.3 Å². The van der Waals surface area contributed by atoms with E-state index in [1.165, 1.54) is 18.2 Å². The van der Waals surface area contributed by atoms with E-state index in [9.17, 15) is 18.4 Å². The molecule has 1 amide bonds. The molecule has 0 radical (unpaired) electrons. The summed E-state index contributed by atoms with van der Waals surface area (Å²) in [7, 11) is 0. The first-order valence-electron chi connectivity index (χ1n) is 5.74. The first kappa shape index (κ1) is 15.1. The molecular formula is C13H15F2NO3. The summed E-state index contributed by atoms with van der Waals surface area (Å²) in [5.74, 6) is -2.14. The van der Waals surface area contributed by atoms with E-state index in [1.807, 2.05) is 0 Å². The fourth-order valence-electron chi connectivity index (χ4n) is 1.55. The highest BCUT2D eigenvalue weighted by Crippen LogP contribution is 2.19. The molecule has 2 N–H and O–H groups in total.